The van der Waals surface area contributed by atoms with Gasteiger partial charge in [0.2, 0.25) is 0 Å². The van der Waals surface area contributed by atoms with Crippen LogP contribution < -0.4 is 20.1 Å². The van der Waals surface area contributed by atoms with Gasteiger partial charge in [-0.1, -0.05) is 50.6 Å². The second-order valence-corrected chi connectivity index (χ2v) is 13.9. The zero-order chi connectivity index (χ0) is 33.1. The average Bonchev–Trinajstić information content (AvgIpc) is 3.59. The van der Waals surface area contributed by atoms with Crippen LogP contribution >= 0.6 is 0 Å². The van der Waals surface area contributed by atoms with Crippen LogP contribution in [0, 0.1) is 12.8 Å². The Balaban J connectivity index is 1.05. The van der Waals surface area contributed by atoms with Crippen LogP contribution in [0.2, 0.25) is 0 Å². The Hall–Kier alpha value is -4.79. The Labute approximate surface area is 277 Å². The monoisotopic (exact) mass is 635 g/mol. The SMILES string of the molecule is COc1ccc(OCC(=O)N2C3CCC2CC(Cc2cccc(NC(=O)Nc4cc(C(C)(C)C)nn4-c4ccc(C)cc4)c2)C3)cc1. The number of aryl methyl sites for hydroxylation is 1. The third-order valence-corrected chi connectivity index (χ3v) is 9.25. The molecule has 246 valence electrons. The third kappa shape index (κ3) is 7.62. The van der Waals surface area contributed by atoms with Gasteiger partial charge in [0.15, 0.2) is 6.61 Å². The summed E-state index contributed by atoms with van der Waals surface area (Å²) < 4.78 is 12.8. The number of carbonyl (C=O) groups is 2. The molecule has 2 bridgehead atoms. The van der Waals surface area contributed by atoms with Crippen molar-refractivity contribution in [2.75, 3.05) is 24.4 Å². The first-order valence-corrected chi connectivity index (χ1v) is 16.5. The summed E-state index contributed by atoms with van der Waals surface area (Å²) in [6, 6.07) is 25.6. The van der Waals surface area contributed by atoms with E-state index in [4.69, 9.17) is 14.6 Å². The highest BCUT2D eigenvalue weighted by Crippen LogP contribution is 2.40. The standard InChI is InChI=1S/C38H45N5O4/c1-25-9-11-29(12-10-25)43-35(23-34(41-43)38(2,3)4)40-37(45)39-28-8-6-7-26(20-28)19-27-21-30-13-14-31(22-27)42(30)36(44)24-47-33-17-15-32(46-5)16-18-33/h6-12,15-18,20,23,27,30-31H,13-14,19,21-22,24H2,1-5H3,(H2,39,40,45). The smallest absolute Gasteiger partial charge is 0.324 e. The zero-order valence-electron chi connectivity index (χ0n) is 28.0. The first-order chi connectivity index (χ1) is 22.6. The largest absolute Gasteiger partial charge is 0.497 e. The summed E-state index contributed by atoms with van der Waals surface area (Å²) in [7, 11) is 1.62. The van der Waals surface area contributed by atoms with Gasteiger partial charge < -0.3 is 19.7 Å². The van der Waals surface area contributed by atoms with Gasteiger partial charge in [0.05, 0.1) is 18.5 Å². The lowest BCUT2D eigenvalue weighted by atomic mass is 9.85. The molecule has 2 unspecified atom stereocenters. The number of piperidine rings is 1. The summed E-state index contributed by atoms with van der Waals surface area (Å²) in [4.78, 5) is 28.5. The minimum atomic E-state index is -0.322. The summed E-state index contributed by atoms with van der Waals surface area (Å²) in [5, 5.41) is 10.9. The predicted molar refractivity (Wildman–Crippen MR) is 185 cm³/mol. The molecule has 0 spiro atoms. The molecule has 0 radical (unpaired) electrons. The highest BCUT2D eigenvalue weighted by molar-refractivity contribution is 5.99. The van der Waals surface area contributed by atoms with Crippen molar-refractivity contribution in [3.8, 4) is 17.2 Å². The van der Waals surface area contributed by atoms with Gasteiger partial charge in [-0.2, -0.15) is 5.10 Å². The number of carbonyl (C=O) groups excluding carboxylic acids is 2. The molecule has 3 amide bonds. The van der Waals surface area contributed by atoms with Gasteiger partial charge in [-0.3, -0.25) is 10.1 Å². The van der Waals surface area contributed by atoms with Crippen molar-refractivity contribution < 1.29 is 19.1 Å². The van der Waals surface area contributed by atoms with E-state index in [0.29, 0.717) is 17.5 Å². The molecular formula is C38H45N5O4. The van der Waals surface area contributed by atoms with E-state index in [9.17, 15) is 9.59 Å². The van der Waals surface area contributed by atoms with Gasteiger partial charge in [-0.05, 0) is 99.0 Å². The number of anilines is 2. The number of amides is 3. The molecule has 4 aromatic rings. The number of hydrogen-bond acceptors (Lipinski definition) is 5. The Morgan fingerprint density at radius 2 is 1.57 bits per heavy atom. The lowest BCUT2D eigenvalue weighted by Crippen LogP contribution is -2.48. The fraction of sp³-hybridized carbons (Fsp3) is 0.395. The van der Waals surface area contributed by atoms with Crippen LogP contribution in [0.1, 0.15) is 63.3 Å². The summed E-state index contributed by atoms with van der Waals surface area (Å²) in [6.45, 7) is 8.41. The van der Waals surface area contributed by atoms with Gasteiger partial charge in [0.1, 0.15) is 17.3 Å². The first kappa shape index (κ1) is 32.2. The van der Waals surface area contributed by atoms with Gasteiger partial charge >= 0.3 is 6.03 Å². The number of nitrogens with one attached hydrogen (secondary N) is 2. The van der Waals surface area contributed by atoms with E-state index in [0.717, 1.165) is 60.5 Å². The van der Waals surface area contributed by atoms with Crippen LogP contribution in [-0.2, 0) is 16.6 Å². The maximum atomic E-state index is 13.2. The zero-order valence-corrected chi connectivity index (χ0v) is 28.0. The van der Waals surface area contributed by atoms with Crippen molar-refractivity contribution in [1.82, 2.24) is 14.7 Å². The molecule has 2 fully saturated rings. The second-order valence-electron chi connectivity index (χ2n) is 13.9. The normalized spacial score (nSPS) is 18.9. The number of hydrogen-bond donors (Lipinski definition) is 2. The Kier molecular flexibility index (Phi) is 9.25. The van der Waals surface area contributed by atoms with Crippen molar-refractivity contribution >= 4 is 23.4 Å². The van der Waals surface area contributed by atoms with E-state index < -0.39 is 0 Å². The van der Waals surface area contributed by atoms with E-state index in [1.807, 2.05) is 73.7 Å². The summed E-state index contributed by atoms with van der Waals surface area (Å²) in [6.07, 6.45) is 4.92. The fourth-order valence-electron chi connectivity index (χ4n) is 6.86. The first-order valence-electron chi connectivity index (χ1n) is 16.5. The third-order valence-electron chi connectivity index (χ3n) is 9.25. The Morgan fingerprint density at radius 1 is 0.894 bits per heavy atom. The van der Waals surface area contributed by atoms with Crippen molar-refractivity contribution in [2.24, 2.45) is 5.92 Å². The molecule has 9 heteroatoms. The maximum absolute atomic E-state index is 13.2. The molecular weight excluding hydrogens is 590 g/mol. The molecule has 2 aliphatic heterocycles. The molecule has 2 atom stereocenters. The van der Waals surface area contributed by atoms with E-state index in [1.165, 1.54) is 5.56 Å². The molecule has 0 saturated carbocycles. The number of urea groups is 1. The molecule has 0 aliphatic carbocycles. The molecule has 2 N–H and O–H groups in total. The number of nitrogens with zero attached hydrogens (tertiary/aromatic N) is 3. The van der Waals surface area contributed by atoms with Crippen molar-refractivity contribution in [1.29, 1.82) is 0 Å². The van der Waals surface area contributed by atoms with Crippen LogP contribution in [0.25, 0.3) is 5.69 Å². The van der Waals surface area contributed by atoms with Crippen LogP contribution in [0.5, 0.6) is 11.5 Å². The number of ether oxygens (including phenoxy) is 2. The van der Waals surface area contributed by atoms with Gasteiger partial charge in [0, 0.05) is 29.3 Å². The summed E-state index contributed by atoms with van der Waals surface area (Å²) in [5.41, 5.74) is 4.67. The Bertz CT molecular complexity index is 1690. The van der Waals surface area contributed by atoms with Crippen molar-refractivity contribution in [2.45, 2.75) is 77.3 Å². The lowest BCUT2D eigenvalue weighted by Gasteiger charge is -2.39. The van der Waals surface area contributed by atoms with E-state index in [-0.39, 0.29) is 36.0 Å². The molecule has 2 saturated heterocycles. The van der Waals surface area contributed by atoms with Crippen LogP contribution in [0.3, 0.4) is 0 Å². The molecule has 6 rings (SSSR count). The molecule has 9 nitrogen and oxygen atoms in total. The van der Waals surface area contributed by atoms with Crippen LogP contribution in [-0.4, -0.2) is 52.4 Å². The number of fused-ring (bicyclic) bond motifs is 2. The highest BCUT2D eigenvalue weighted by atomic mass is 16.5. The number of aromatic nitrogens is 2. The summed E-state index contributed by atoms with van der Waals surface area (Å²) >= 11 is 0. The molecule has 3 heterocycles. The van der Waals surface area contributed by atoms with Gasteiger partial charge in [-0.25, -0.2) is 9.48 Å². The fourth-order valence-corrected chi connectivity index (χ4v) is 6.86. The maximum Gasteiger partial charge on any atom is 0.324 e. The average molecular weight is 636 g/mol. The summed E-state index contributed by atoms with van der Waals surface area (Å²) in [5.74, 6) is 2.56. The van der Waals surface area contributed by atoms with E-state index >= 15 is 0 Å². The van der Waals surface area contributed by atoms with Crippen LogP contribution in [0.15, 0.2) is 78.9 Å². The van der Waals surface area contributed by atoms with E-state index in [1.54, 1.807) is 11.8 Å². The van der Waals surface area contributed by atoms with Crippen molar-refractivity contribution in [3.63, 3.8) is 0 Å². The molecule has 47 heavy (non-hydrogen) atoms. The molecule has 2 aliphatic rings. The predicted octanol–water partition coefficient (Wildman–Crippen LogP) is 7.52. The molecule has 3 aromatic carbocycles. The lowest BCUT2D eigenvalue weighted by molar-refractivity contribution is -0.138. The van der Waals surface area contributed by atoms with E-state index in [2.05, 4.69) is 48.4 Å². The number of rotatable bonds is 9. The Morgan fingerprint density at radius 3 is 2.23 bits per heavy atom. The van der Waals surface area contributed by atoms with Gasteiger partial charge in [-0.15, -0.1) is 0 Å². The van der Waals surface area contributed by atoms with Gasteiger partial charge in [0.25, 0.3) is 5.91 Å². The minimum absolute atomic E-state index is 0.0447. The van der Waals surface area contributed by atoms with Crippen LogP contribution in [0.4, 0.5) is 16.3 Å². The topological polar surface area (TPSA) is 97.7 Å². The minimum Gasteiger partial charge on any atom is -0.497 e. The number of methoxy groups -OCH3 is 1. The number of benzene rings is 3. The second kappa shape index (κ2) is 13.5. The quantitative estimate of drug-likeness (QED) is 0.198. The van der Waals surface area contributed by atoms with Crippen molar-refractivity contribution in [3.05, 3.63) is 95.7 Å². The highest BCUT2D eigenvalue weighted by Gasteiger charge is 2.43. The molecule has 1 aromatic heterocycles.